The predicted octanol–water partition coefficient (Wildman–Crippen LogP) is 1.79. The molecule has 2 aromatic heterocycles. The van der Waals surface area contributed by atoms with E-state index in [0.717, 1.165) is 16.9 Å². The molecule has 1 aromatic carbocycles. The van der Waals surface area contributed by atoms with Gasteiger partial charge in [0.2, 0.25) is 5.82 Å². The van der Waals surface area contributed by atoms with Gasteiger partial charge in [-0.1, -0.05) is 17.7 Å². The molecule has 0 saturated carbocycles. The average molecular weight is 325 g/mol. The highest BCUT2D eigenvalue weighted by Gasteiger charge is 2.12. The highest BCUT2D eigenvalue weighted by molar-refractivity contribution is 5.51. The summed E-state index contributed by atoms with van der Waals surface area (Å²) < 4.78 is 5.67. The van der Waals surface area contributed by atoms with Crippen molar-refractivity contribution in [2.45, 2.75) is 26.5 Å². The molecule has 0 unspecified atom stereocenters. The fourth-order valence-corrected chi connectivity index (χ4v) is 2.32. The molecule has 0 amide bonds. The van der Waals surface area contributed by atoms with E-state index in [1.807, 2.05) is 44.2 Å². The first-order valence-corrected chi connectivity index (χ1v) is 7.68. The van der Waals surface area contributed by atoms with Crippen LogP contribution in [0, 0.1) is 13.8 Å². The lowest BCUT2D eigenvalue weighted by molar-refractivity contribution is 0.0847. The third-order valence-corrected chi connectivity index (χ3v) is 3.51. The van der Waals surface area contributed by atoms with Gasteiger partial charge in [0.25, 0.3) is 0 Å². The molecule has 0 aliphatic rings. The Bertz CT molecular complexity index is 804. The summed E-state index contributed by atoms with van der Waals surface area (Å²) in [5.41, 5.74) is 3.00. The number of aryl methyl sites for hydroxylation is 2. The molecule has 0 saturated heterocycles. The van der Waals surface area contributed by atoms with Gasteiger partial charge in [-0.25, -0.2) is 0 Å². The van der Waals surface area contributed by atoms with Crippen LogP contribution in [0.25, 0.3) is 11.4 Å². The van der Waals surface area contributed by atoms with Crippen LogP contribution in [0.2, 0.25) is 0 Å². The number of aromatic nitrogens is 5. The molecule has 1 N–H and O–H groups in total. The minimum Gasteiger partial charge on any atom is -0.491 e. The maximum absolute atomic E-state index is 10.1. The topological polar surface area (TPSA) is 86.0 Å². The number of pyridine rings is 1. The minimum absolute atomic E-state index is 0.160. The Balaban J connectivity index is 1.57. The van der Waals surface area contributed by atoms with Crippen molar-refractivity contribution in [3.63, 3.8) is 0 Å². The van der Waals surface area contributed by atoms with Crippen molar-refractivity contribution in [1.29, 1.82) is 0 Å². The van der Waals surface area contributed by atoms with E-state index in [4.69, 9.17) is 4.74 Å². The van der Waals surface area contributed by atoms with Gasteiger partial charge in [0.1, 0.15) is 18.5 Å². The van der Waals surface area contributed by atoms with E-state index in [2.05, 4.69) is 20.4 Å². The molecule has 7 nitrogen and oxygen atoms in total. The van der Waals surface area contributed by atoms with Crippen molar-refractivity contribution >= 4 is 0 Å². The quantitative estimate of drug-likeness (QED) is 0.743. The molecule has 1 atom stereocenters. The molecule has 0 fully saturated rings. The van der Waals surface area contributed by atoms with Crippen LogP contribution in [0.15, 0.2) is 42.7 Å². The van der Waals surface area contributed by atoms with Crippen molar-refractivity contribution in [2.24, 2.45) is 0 Å². The second-order valence-corrected chi connectivity index (χ2v) is 5.64. The van der Waals surface area contributed by atoms with Crippen LogP contribution in [0.1, 0.15) is 11.1 Å². The largest absolute Gasteiger partial charge is 0.491 e. The molecule has 0 spiro atoms. The van der Waals surface area contributed by atoms with E-state index < -0.39 is 6.10 Å². The van der Waals surface area contributed by atoms with Crippen LogP contribution in [-0.2, 0) is 6.54 Å². The number of rotatable bonds is 6. The number of benzene rings is 1. The zero-order valence-corrected chi connectivity index (χ0v) is 13.6. The number of tetrazole rings is 1. The Morgan fingerprint density at radius 1 is 1.25 bits per heavy atom. The van der Waals surface area contributed by atoms with E-state index in [9.17, 15) is 5.11 Å². The number of nitrogens with zero attached hydrogens (tertiary/aromatic N) is 5. The van der Waals surface area contributed by atoms with Gasteiger partial charge in [0.05, 0.1) is 6.54 Å². The van der Waals surface area contributed by atoms with Gasteiger partial charge in [-0.05, 0) is 42.8 Å². The summed E-state index contributed by atoms with van der Waals surface area (Å²) in [5.74, 6) is 1.24. The van der Waals surface area contributed by atoms with Crippen molar-refractivity contribution in [1.82, 2.24) is 25.2 Å². The fourth-order valence-electron chi connectivity index (χ4n) is 2.32. The smallest absolute Gasteiger partial charge is 0.206 e. The van der Waals surface area contributed by atoms with E-state index >= 15 is 0 Å². The highest BCUT2D eigenvalue weighted by atomic mass is 16.5. The SMILES string of the molecule is Cc1ccc(OC[C@@H](O)Cn2nnc(-c3cccnc3)n2)c(C)c1. The average Bonchev–Trinajstić information content (AvgIpc) is 3.03. The molecule has 124 valence electrons. The molecular formula is C17H19N5O2. The first kappa shape index (κ1) is 16.1. The van der Waals surface area contributed by atoms with E-state index in [1.54, 1.807) is 12.4 Å². The molecular weight excluding hydrogens is 306 g/mol. The van der Waals surface area contributed by atoms with Gasteiger partial charge < -0.3 is 9.84 Å². The summed E-state index contributed by atoms with van der Waals surface area (Å²) in [5, 5.41) is 22.3. The van der Waals surface area contributed by atoms with E-state index in [0.29, 0.717) is 5.82 Å². The summed E-state index contributed by atoms with van der Waals surface area (Å²) in [6.45, 7) is 4.38. The number of aliphatic hydroxyl groups is 1. The number of hydrogen-bond donors (Lipinski definition) is 1. The zero-order valence-electron chi connectivity index (χ0n) is 13.6. The van der Waals surface area contributed by atoms with Crippen molar-refractivity contribution < 1.29 is 9.84 Å². The molecule has 0 aliphatic heterocycles. The van der Waals surface area contributed by atoms with Gasteiger partial charge >= 0.3 is 0 Å². The van der Waals surface area contributed by atoms with Gasteiger partial charge in [0.15, 0.2) is 0 Å². The third kappa shape index (κ3) is 3.94. The van der Waals surface area contributed by atoms with Crippen LogP contribution in [0.5, 0.6) is 5.75 Å². The van der Waals surface area contributed by atoms with Crippen LogP contribution in [-0.4, -0.2) is 43.0 Å². The fraction of sp³-hybridized carbons (Fsp3) is 0.294. The molecule has 3 rings (SSSR count). The number of aliphatic hydroxyl groups excluding tert-OH is 1. The van der Waals surface area contributed by atoms with Crippen LogP contribution in [0.3, 0.4) is 0 Å². The Morgan fingerprint density at radius 2 is 2.12 bits per heavy atom. The molecule has 24 heavy (non-hydrogen) atoms. The molecule has 3 aromatic rings. The third-order valence-electron chi connectivity index (χ3n) is 3.51. The maximum Gasteiger partial charge on any atom is 0.206 e. The molecule has 0 bridgehead atoms. The summed E-state index contributed by atoms with van der Waals surface area (Å²) in [4.78, 5) is 5.38. The first-order chi connectivity index (χ1) is 11.6. The molecule has 2 heterocycles. The van der Waals surface area contributed by atoms with Crippen LogP contribution < -0.4 is 4.74 Å². The summed E-state index contributed by atoms with van der Waals surface area (Å²) in [6.07, 6.45) is 2.62. The van der Waals surface area contributed by atoms with Gasteiger partial charge in [-0.15, -0.1) is 10.2 Å². The Morgan fingerprint density at radius 3 is 2.88 bits per heavy atom. The second kappa shape index (κ2) is 7.18. The number of ether oxygens (including phenoxy) is 1. The Labute approximate surface area is 139 Å². The second-order valence-electron chi connectivity index (χ2n) is 5.64. The summed E-state index contributed by atoms with van der Waals surface area (Å²) in [6, 6.07) is 9.59. The zero-order chi connectivity index (χ0) is 16.9. The van der Waals surface area contributed by atoms with E-state index in [-0.39, 0.29) is 13.2 Å². The highest BCUT2D eigenvalue weighted by Crippen LogP contribution is 2.19. The standard InChI is InChI=1S/C17H19N5O2/c1-12-5-6-16(13(2)8-12)24-11-15(23)10-22-20-17(19-21-22)14-4-3-7-18-9-14/h3-9,15,23H,10-11H2,1-2H3/t15-/m0/s1. The van der Waals surface area contributed by atoms with Gasteiger partial charge in [0, 0.05) is 18.0 Å². The Hall–Kier alpha value is -2.80. The van der Waals surface area contributed by atoms with Crippen LogP contribution >= 0.6 is 0 Å². The normalized spacial score (nSPS) is 12.1. The van der Waals surface area contributed by atoms with Gasteiger partial charge in [-0.3, -0.25) is 4.98 Å². The molecule has 7 heteroatoms. The van der Waals surface area contributed by atoms with Crippen molar-refractivity contribution in [3.8, 4) is 17.1 Å². The lowest BCUT2D eigenvalue weighted by atomic mass is 10.1. The maximum atomic E-state index is 10.1. The number of hydrogen-bond acceptors (Lipinski definition) is 6. The minimum atomic E-state index is -0.735. The predicted molar refractivity (Wildman–Crippen MR) is 88.5 cm³/mol. The summed E-state index contributed by atoms with van der Waals surface area (Å²) >= 11 is 0. The molecule has 0 radical (unpaired) electrons. The first-order valence-electron chi connectivity index (χ1n) is 7.68. The van der Waals surface area contributed by atoms with E-state index in [1.165, 1.54) is 10.4 Å². The monoisotopic (exact) mass is 325 g/mol. The van der Waals surface area contributed by atoms with Crippen molar-refractivity contribution in [3.05, 3.63) is 53.9 Å². The lowest BCUT2D eigenvalue weighted by Crippen LogP contribution is -2.25. The molecule has 0 aliphatic carbocycles. The van der Waals surface area contributed by atoms with Gasteiger partial charge in [-0.2, -0.15) is 4.80 Å². The van der Waals surface area contributed by atoms with Crippen LogP contribution in [0.4, 0.5) is 0 Å². The summed E-state index contributed by atoms with van der Waals surface area (Å²) in [7, 11) is 0. The van der Waals surface area contributed by atoms with Crippen molar-refractivity contribution in [2.75, 3.05) is 6.61 Å². The lowest BCUT2D eigenvalue weighted by Gasteiger charge is -2.13. The Kier molecular flexibility index (Phi) is 4.81.